The maximum absolute atomic E-state index is 12.7. The molecule has 3 aromatic rings. The van der Waals surface area contributed by atoms with Crippen LogP contribution in [0.2, 0.25) is 0 Å². The lowest BCUT2D eigenvalue weighted by Gasteiger charge is -2.09. The number of ether oxygens (including phenoxy) is 1. The maximum Gasteiger partial charge on any atom is 0.330 e. The number of aryl methyl sites for hydroxylation is 2. The number of carbonyl (C=O) groups is 3. The average molecular weight is 404 g/mol. The lowest BCUT2D eigenvalue weighted by molar-refractivity contribution is -0.135. The number of aromatic nitrogens is 1. The van der Waals surface area contributed by atoms with Gasteiger partial charge < -0.3 is 14.6 Å². The first-order chi connectivity index (χ1) is 14.3. The van der Waals surface area contributed by atoms with Crippen LogP contribution in [0, 0.1) is 13.8 Å². The third kappa shape index (κ3) is 5.03. The Labute approximate surface area is 175 Å². The molecule has 0 aliphatic rings. The molecule has 3 rings (SSSR count). The lowest BCUT2D eigenvalue weighted by atomic mass is 10.1. The number of carbonyl (C=O) groups excluding carboxylic acids is 3. The van der Waals surface area contributed by atoms with Gasteiger partial charge >= 0.3 is 5.97 Å². The van der Waals surface area contributed by atoms with Crippen LogP contribution in [0.1, 0.15) is 32.9 Å². The molecule has 0 radical (unpaired) electrons. The molecule has 0 saturated carbocycles. The fourth-order valence-electron chi connectivity index (χ4n) is 3.04. The van der Waals surface area contributed by atoms with Crippen molar-refractivity contribution in [2.24, 2.45) is 7.05 Å². The van der Waals surface area contributed by atoms with E-state index in [1.165, 1.54) is 0 Å². The highest BCUT2D eigenvalue weighted by molar-refractivity contribution is 6.08. The van der Waals surface area contributed by atoms with Crippen molar-refractivity contribution >= 4 is 17.7 Å². The van der Waals surface area contributed by atoms with Gasteiger partial charge in [0.2, 0.25) is 11.7 Å². The maximum atomic E-state index is 12.7. The topological polar surface area (TPSA) is 77.4 Å². The van der Waals surface area contributed by atoms with Crippen molar-refractivity contribution in [2.45, 2.75) is 20.3 Å². The predicted octanol–water partition coefficient (Wildman–Crippen LogP) is 3.14. The van der Waals surface area contributed by atoms with Gasteiger partial charge in [0.25, 0.3) is 0 Å². The first kappa shape index (κ1) is 21.0. The van der Waals surface area contributed by atoms with E-state index < -0.39 is 5.97 Å². The number of nitrogens with zero attached hydrogens (tertiary/aromatic N) is 1. The molecule has 0 unspecified atom stereocenters. The summed E-state index contributed by atoms with van der Waals surface area (Å²) in [5.41, 5.74) is 3.69. The van der Waals surface area contributed by atoms with E-state index in [2.05, 4.69) is 5.32 Å². The van der Waals surface area contributed by atoms with Crippen LogP contribution in [-0.2, 0) is 23.1 Å². The molecular formula is C24H24N2O4. The minimum absolute atomic E-state index is 0.0509. The van der Waals surface area contributed by atoms with Crippen LogP contribution in [0.3, 0.4) is 0 Å². The van der Waals surface area contributed by atoms with E-state index in [0.29, 0.717) is 22.7 Å². The zero-order valence-corrected chi connectivity index (χ0v) is 17.3. The Hall–Kier alpha value is -3.67. The molecule has 0 aliphatic carbocycles. The van der Waals surface area contributed by atoms with E-state index in [4.69, 9.17) is 4.74 Å². The first-order valence-corrected chi connectivity index (χ1v) is 9.64. The van der Waals surface area contributed by atoms with Crippen molar-refractivity contribution in [1.82, 2.24) is 9.88 Å². The molecule has 0 spiro atoms. The van der Waals surface area contributed by atoms with E-state index in [0.717, 1.165) is 11.1 Å². The second kappa shape index (κ2) is 9.22. The molecule has 1 N–H and O–H groups in total. The fourth-order valence-corrected chi connectivity index (χ4v) is 3.04. The second-order valence-electron chi connectivity index (χ2n) is 7.16. The van der Waals surface area contributed by atoms with Crippen LogP contribution in [0.5, 0.6) is 5.75 Å². The van der Waals surface area contributed by atoms with Gasteiger partial charge in [-0.1, -0.05) is 48.0 Å². The zero-order chi connectivity index (χ0) is 21.7. The Morgan fingerprint density at radius 3 is 2.33 bits per heavy atom. The number of benzene rings is 2. The highest BCUT2D eigenvalue weighted by atomic mass is 16.5. The molecule has 6 nitrogen and oxygen atoms in total. The molecular weight excluding hydrogens is 380 g/mol. The summed E-state index contributed by atoms with van der Waals surface area (Å²) in [5.74, 6) is -0.503. The summed E-state index contributed by atoms with van der Waals surface area (Å²) in [6.07, 6.45) is 0.0509. The molecule has 154 valence electrons. The number of amides is 1. The molecule has 1 heterocycles. The minimum Gasteiger partial charge on any atom is -0.425 e. The van der Waals surface area contributed by atoms with Crippen molar-refractivity contribution in [3.8, 4) is 5.75 Å². The van der Waals surface area contributed by atoms with Crippen molar-refractivity contribution in [1.29, 1.82) is 0 Å². The van der Waals surface area contributed by atoms with Crippen molar-refractivity contribution in [3.05, 3.63) is 88.7 Å². The molecule has 0 bridgehead atoms. The zero-order valence-electron chi connectivity index (χ0n) is 17.3. The first-order valence-electron chi connectivity index (χ1n) is 9.64. The van der Waals surface area contributed by atoms with Gasteiger partial charge in [0.05, 0.1) is 12.1 Å². The van der Waals surface area contributed by atoms with E-state index in [-0.39, 0.29) is 24.7 Å². The van der Waals surface area contributed by atoms with Gasteiger partial charge in [-0.2, -0.15) is 0 Å². The monoisotopic (exact) mass is 404 g/mol. The number of esters is 1. The minimum atomic E-state index is -0.542. The Morgan fingerprint density at radius 1 is 0.933 bits per heavy atom. The Balaban J connectivity index is 1.57. The number of rotatable bonds is 7. The van der Waals surface area contributed by atoms with E-state index in [9.17, 15) is 14.4 Å². The lowest BCUT2D eigenvalue weighted by Crippen LogP contribution is -2.33. The van der Waals surface area contributed by atoms with Crippen LogP contribution in [0.4, 0.5) is 0 Å². The van der Waals surface area contributed by atoms with Crippen LogP contribution in [0.15, 0.2) is 60.7 Å². The van der Waals surface area contributed by atoms with E-state index in [1.54, 1.807) is 48.0 Å². The molecule has 2 aromatic carbocycles. The van der Waals surface area contributed by atoms with Crippen molar-refractivity contribution in [2.75, 3.05) is 6.54 Å². The molecule has 0 saturated heterocycles. The van der Waals surface area contributed by atoms with E-state index in [1.807, 2.05) is 38.1 Å². The molecule has 1 amide bonds. The van der Waals surface area contributed by atoms with Crippen LogP contribution in [0.25, 0.3) is 0 Å². The van der Waals surface area contributed by atoms with Gasteiger partial charge in [-0.15, -0.1) is 0 Å². The Kier molecular flexibility index (Phi) is 6.47. The number of ketones is 1. The normalized spacial score (nSPS) is 10.5. The van der Waals surface area contributed by atoms with Crippen molar-refractivity contribution in [3.63, 3.8) is 0 Å². The van der Waals surface area contributed by atoms with Crippen LogP contribution >= 0.6 is 0 Å². The summed E-state index contributed by atoms with van der Waals surface area (Å²) in [4.78, 5) is 36.9. The van der Waals surface area contributed by atoms with Crippen molar-refractivity contribution < 1.29 is 19.1 Å². The predicted molar refractivity (Wildman–Crippen MR) is 114 cm³/mol. The fraction of sp³-hybridized carbons (Fsp3) is 0.208. The third-order valence-corrected chi connectivity index (χ3v) is 4.86. The quantitative estimate of drug-likeness (QED) is 0.373. The molecule has 6 heteroatoms. The van der Waals surface area contributed by atoms with Crippen LogP contribution in [-0.4, -0.2) is 28.8 Å². The highest BCUT2D eigenvalue weighted by Gasteiger charge is 2.17. The summed E-state index contributed by atoms with van der Waals surface area (Å²) in [7, 11) is 1.75. The number of para-hydroxylation sites is 1. The highest BCUT2D eigenvalue weighted by Crippen LogP contribution is 2.16. The van der Waals surface area contributed by atoms with Gasteiger partial charge in [-0.3, -0.25) is 9.59 Å². The van der Waals surface area contributed by atoms with Gasteiger partial charge in [0, 0.05) is 18.3 Å². The van der Waals surface area contributed by atoms with Gasteiger partial charge in [-0.25, -0.2) is 4.79 Å². The largest absolute Gasteiger partial charge is 0.425 e. The SMILES string of the molecule is Cc1ccc(C(=O)c2ccc(CC(=O)NCC(=O)Oc3ccccc3C)n2C)cc1. The summed E-state index contributed by atoms with van der Waals surface area (Å²) >= 11 is 0. The number of hydrogen-bond donors (Lipinski definition) is 1. The molecule has 0 fully saturated rings. The summed E-state index contributed by atoms with van der Waals surface area (Å²) < 4.78 is 6.96. The molecule has 1 aromatic heterocycles. The summed E-state index contributed by atoms with van der Waals surface area (Å²) in [6, 6.07) is 18.0. The van der Waals surface area contributed by atoms with Crippen LogP contribution < -0.4 is 10.1 Å². The average Bonchev–Trinajstić information content (AvgIpc) is 3.08. The standard InChI is InChI=1S/C24H24N2O4/c1-16-8-10-18(11-9-16)24(29)20-13-12-19(26(20)3)14-22(27)25-15-23(28)30-21-7-5-4-6-17(21)2/h4-13H,14-15H2,1-3H3,(H,25,27). The summed E-state index contributed by atoms with van der Waals surface area (Å²) in [6.45, 7) is 3.57. The molecule has 0 atom stereocenters. The summed E-state index contributed by atoms with van der Waals surface area (Å²) in [5, 5.41) is 2.56. The third-order valence-electron chi connectivity index (χ3n) is 4.86. The molecule has 30 heavy (non-hydrogen) atoms. The van der Waals surface area contributed by atoms with E-state index >= 15 is 0 Å². The second-order valence-corrected chi connectivity index (χ2v) is 7.16. The van der Waals surface area contributed by atoms with Gasteiger partial charge in [0.15, 0.2) is 0 Å². The Bertz CT molecular complexity index is 1080. The van der Waals surface area contributed by atoms with Gasteiger partial charge in [-0.05, 0) is 37.6 Å². The molecule has 0 aliphatic heterocycles. The van der Waals surface area contributed by atoms with Gasteiger partial charge in [0.1, 0.15) is 12.3 Å². The number of hydrogen-bond acceptors (Lipinski definition) is 4. The Morgan fingerprint density at radius 2 is 1.63 bits per heavy atom. The number of nitrogens with one attached hydrogen (secondary N) is 1. The smallest absolute Gasteiger partial charge is 0.330 e.